The molecule has 0 N–H and O–H groups in total. The Morgan fingerprint density at radius 2 is 1.94 bits per heavy atom. The maximum absolute atomic E-state index is 12.3. The van der Waals surface area contributed by atoms with E-state index in [0.717, 1.165) is 25.7 Å². The fourth-order valence-corrected chi connectivity index (χ4v) is 3.41. The van der Waals surface area contributed by atoms with Gasteiger partial charge in [-0.2, -0.15) is 5.26 Å². The summed E-state index contributed by atoms with van der Waals surface area (Å²) >= 11 is 0. The molecular weight excluding hydrogens is 235 g/mol. The highest BCUT2D eigenvalue weighted by atomic mass is 31.2. The van der Waals surface area contributed by atoms with Crippen LogP contribution in [0.2, 0.25) is 0 Å². The molecule has 0 radical (unpaired) electrons. The van der Waals surface area contributed by atoms with Gasteiger partial charge < -0.3 is 4.52 Å². The van der Waals surface area contributed by atoms with Gasteiger partial charge in [-0.3, -0.25) is 4.57 Å². The second-order valence-electron chi connectivity index (χ2n) is 4.36. The highest BCUT2D eigenvalue weighted by Crippen LogP contribution is 2.50. The van der Waals surface area contributed by atoms with Crippen LogP contribution in [0.3, 0.4) is 0 Å². The minimum atomic E-state index is -3.28. The van der Waals surface area contributed by atoms with Gasteiger partial charge in [-0.15, -0.1) is 0 Å². The SMILES string of the molecule is CCCCCCOP(=O)(C#N)N(CC)C(C)C. The molecule has 0 saturated carbocycles. The van der Waals surface area contributed by atoms with Crippen molar-refractivity contribution in [2.75, 3.05) is 13.2 Å². The molecule has 0 amide bonds. The Labute approximate surface area is 105 Å². The first kappa shape index (κ1) is 16.6. The van der Waals surface area contributed by atoms with Gasteiger partial charge in [0.25, 0.3) is 0 Å². The topological polar surface area (TPSA) is 53.3 Å². The molecule has 5 heteroatoms. The molecule has 100 valence electrons. The van der Waals surface area contributed by atoms with E-state index in [1.54, 1.807) is 4.67 Å². The minimum absolute atomic E-state index is 0.0566. The third kappa shape index (κ3) is 5.68. The van der Waals surface area contributed by atoms with Crippen LogP contribution < -0.4 is 0 Å². The van der Waals surface area contributed by atoms with Crippen molar-refractivity contribution in [3.05, 3.63) is 0 Å². The lowest BCUT2D eigenvalue weighted by Gasteiger charge is -2.28. The maximum atomic E-state index is 12.3. The van der Waals surface area contributed by atoms with Gasteiger partial charge >= 0.3 is 7.52 Å². The average molecular weight is 260 g/mol. The molecule has 0 fully saturated rings. The van der Waals surface area contributed by atoms with E-state index in [0.29, 0.717) is 13.2 Å². The highest BCUT2D eigenvalue weighted by Gasteiger charge is 2.32. The third-order valence-electron chi connectivity index (χ3n) is 2.65. The van der Waals surface area contributed by atoms with Gasteiger partial charge in [-0.1, -0.05) is 33.1 Å². The number of unbranched alkanes of at least 4 members (excludes halogenated alkanes) is 3. The molecule has 0 aliphatic carbocycles. The molecule has 0 aliphatic rings. The molecule has 0 heterocycles. The van der Waals surface area contributed by atoms with Crippen LogP contribution in [-0.4, -0.2) is 23.9 Å². The summed E-state index contributed by atoms with van der Waals surface area (Å²) in [6.07, 6.45) is 4.25. The molecular formula is C12H25N2O2P. The molecule has 0 aromatic rings. The van der Waals surface area contributed by atoms with Crippen LogP contribution in [-0.2, 0) is 9.09 Å². The smallest absolute Gasteiger partial charge is 0.307 e. The lowest BCUT2D eigenvalue weighted by Crippen LogP contribution is -2.28. The zero-order valence-electron chi connectivity index (χ0n) is 11.5. The molecule has 0 aromatic carbocycles. The summed E-state index contributed by atoms with van der Waals surface area (Å²) in [4.78, 5) is 0. The first-order valence-electron chi connectivity index (χ1n) is 6.44. The lowest BCUT2D eigenvalue weighted by atomic mass is 10.2. The Balaban J connectivity index is 4.28. The first-order chi connectivity index (χ1) is 8.01. The number of hydrogen-bond donors (Lipinski definition) is 0. The first-order valence-corrected chi connectivity index (χ1v) is 8.02. The van der Waals surface area contributed by atoms with Gasteiger partial charge in [-0.25, -0.2) is 4.67 Å². The fraction of sp³-hybridized carbons (Fsp3) is 0.917. The zero-order chi connectivity index (χ0) is 13.3. The lowest BCUT2D eigenvalue weighted by molar-refractivity contribution is 0.247. The van der Waals surface area contributed by atoms with Crippen molar-refractivity contribution in [1.82, 2.24) is 4.67 Å². The van der Waals surface area contributed by atoms with Crippen LogP contribution in [0, 0.1) is 11.1 Å². The van der Waals surface area contributed by atoms with Crippen molar-refractivity contribution in [3.63, 3.8) is 0 Å². The third-order valence-corrected chi connectivity index (χ3v) is 4.86. The monoisotopic (exact) mass is 260 g/mol. The van der Waals surface area contributed by atoms with Crippen molar-refractivity contribution in [1.29, 1.82) is 5.26 Å². The predicted octanol–water partition coefficient (Wildman–Crippen LogP) is 3.99. The van der Waals surface area contributed by atoms with Gasteiger partial charge in [0.05, 0.1) is 6.61 Å². The maximum Gasteiger partial charge on any atom is 0.371 e. The van der Waals surface area contributed by atoms with Crippen molar-refractivity contribution in [2.45, 2.75) is 59.4 Å². The van der Waals surface area contributed by atoms with Gasteiger partial charge in [-0.05, 0) is 20.3 Å². The summed E-state index contributed by atoms with van der Waals surface area (Å²) in [5.41, 5.74) is 0. The second kappa shape index (κ2) is 8.69. The van der Waals surface area contributed by atoms with Gasteiger partial charge in [0.15, 0.2) is 5.81 Å². The average Bonchev–Trinajstić information content (AvgIpc) is 2.29. The number of nitrogens with zero attached hydrogens (tertiary/aromatic N) is 2. The van der Waals surface area contributed by atoms with Crippen LogP contribution in [0.15, 0.2) is 0 Å². The molecule has 0 saturated heterocycles. The van der Waals surface area contributed by atoms with E-state index in [1.807, 2.05) is 26.6 Å². The number of nitriles is 1. The minimum Gasteiger partial charge on any atom is -0.307 e. The largest absolute Gasteiger partial charge is 0.371 e. The Morgan fingerprint density at radius 1 is 1.29 bits per heavy atom. The van der Waals surface area contributed by atoms with E-state index in [1.165, 1.54) is 0 Å². The Bertz CT molecular complexity index is 287. The van der Waals surface area contributed by atoms with Crippen LogP contribution in [0.5, 0.6) is 0 Å². The van der Waals surface area contributed by atoms with E-state index >= 15 is 0 Å². The van der Waals surface area contributed by atoms with E-state index in [4.69, 9.17) is 9.79 Å². The van der Waals surface area contributed by atoms with E-state index in [2.05, 4.69) is 6.92 Å². The zero-order valence-corrected chi connectivity index (χ0v) is 12.4. The molecule has 0 aliphatic heterocycles. The molecule has 4 nitrogen and oxygen atoms in total. The van der Waals surface area contributed by atoms with Gasteiger partial charge in [0.1, 0.15) is 0 Å². The predicted molar refractivity (Wildman–Crippen MR) is 70.8 cm³/mol. The summed E-state index contributed by atoms with van der Waals surface area (Å²) in [5.74, 6) is 1.86. The summed E-state index contributed by atoms with van der Waals surface area (Å²) in [6, 6.07) is 0.0566. The normalized spacial score (nSPS) is 14.9. The van der Waals surface area contributed by atoms with Crippen LogP contribution in [0.4, 0.5) is 0 Å². The summed E-state index contributed by atoms with van der Waals surface area (Å²) in [5, 5.41) is 9.06. The van der Waals surface area contributed by atoms with E-state index in [-0.39, 0.29) is 6.04 Å². The van der Waals surface area contributed by atoms with E-state index < -0.39 is 7.52 Å². The quantitative estimate of drug-likeness (QED) is 0.464. The molecule has 0 aromatic heterocycles. The Morgan fingerprint density at radius 3 is 2.35 bits per heavy atom. The van der Waals surface area contributed by atoms with Crippen LogP contribution in [0.25, 0.3) is 0 Å². The standard InChI is InChI=1S/C12H25N2O2P/c1-5-7-8-9-10-16-17(15,11-13)14(6-2)12(3)4/h12H,5-10H2,1-4H3. The fourth-order valence-electron chi connectivity index (χ4n) is 1.73. The summed E-state index contributed by atoms with van der Waals surface area (Å²) in [6.45, 7) is 8.86. The second-order valence-corrected chi connectivity index (χ2v) is 6.38. The molecule has 0 rings (SSSR count). The van der Waals surface area contributed by atoms with Crippen LogP contribution >= 0.6 is 7.52 Å². The number of rotatable bonds is 9. The van der Waals surface area contributed by atoms with Crippen molar-refractivity contribution in [3.8, 4) is 5.81 Å². The number of hydrogen-bond acceptors (Lipinski definition) is 3. The summed E-state index contributed by atoms with van der Waals surface area (Å²) < 4.78 is 19.3. The Kier molecular flexibility index (Phi) is 8.51. The molecule has 1 atom stereocenters. The van der Waals surface area contributed by atoms with Crippen LogP contribution in [0.1, 0.15) is 53.4 Å². The van der Waals surface area contributed by atoms with Gasteiger partial charge in [0.2, 0.25) is 0 Å². The molecule has 0 bridgehead atoms. The Hall–Kier alpha value is -0.360. The van der Waals surface area contributed by atoms with E-state index in [9.17, 15) is 4.57 Å². The highest BCUT2D eigenvalue weighted by molar-refractivity contribution is 7.61. The van der Waals surface area contributed by atoms with Crippen molar-refractivity contribution in [2.24, 2.45) is 0 Å². The molecule has 0 spiro atoms. The van der Waals surface area contributed by atoms with Gasteiger partial charge in [0, 0.05) is 12.6 Å². The van der Waals surface area contributed by atoms with Crippen molar-refractivity contribution < 1.29 is 9.09 Å². The van der Waals surface area contributed by atoms with Crippen molar-refractivity contribution >= 4 is 7.52 Å². The molecule has 1 unspecified atom stereocenters. The molecule has 17 heavy (non-hydrogen) atoms. The summed E-state index contributed by atoms with van der Waals surface area (Å²) in [7, 11) is -3.28.